The molecule has 0 N–H and O–H groups in total. The molecule has 2 heteroatoms. The van der Waals surface area contributed by atoms with Crippen molar-refractivity contribution in [1.82, 2.24) is 4.98 Å². The van der Waals surface area contributed by atoms with E-state index in [1.807, 2.05) is 5.51 Å². The van der Waals surface area contributed by atoms with Gasteiger partial charge in [-0.15, -0.1) is 11.3 Å². The van der Waals surface area contributed by atoms with Crippen LogP contribution in [0.15, 0.2) is 66.2 Å². The predicted octanol–water partition coefficient (Wildman–Crippen LogP) is 5.76. The standard InChI is InChI=1S/C19H11NS/c1-2-4-13-10-17-14(9-12(13)3-1)5-6-16-15(17)7-8-18-19(16)21-11-20-18/h1-11H. The number of rotatable bonds is 0. The minimum Gasteiger partial charge on any atom is -0.245 e. The highest BCUT2D eigenvalue weighted by molar-refractivity contribution is 7.17. The second-order valence-electron chi connectivity index (χ2n) is 5.35. The molecule has 21 heavy (non-hydrogen) atoms. The Morgan fingerprint density at radius 3 is 2.38 bits per heavy atom. The van der Waals surface area contributed by atoms with Gasteiger partial charge in [-0.2, -0.15) is 0 Å². The molecule has 4 aromatic carbocycles. The van der Waals surface area contributed by atoms with Gasteiger partial charge in [0, 0.05) is 5.39 Å². The van der Waals surface area contributed by atoms with Crippen molar-refractivity contribution in [2.45, 2.75) is 0 Å². The molecular weight excluding hydrogens is 274 g/mol. The highest BCUT2D eigenvalue weighted by atomic mass is 32.1. The Labute approximate surface area is 125 Å². The Morgan fingerprint density at radius 1 is 0.667 bits per heavy atom. The zero-order chi connectivity index (χ0) is 13.8. The first-order valence-electron chi connectivity index (χ1n) is 6.98. The van der Waals surface area contributed by atoms with Gasteiger partial charge >= 0.3 is 0 Å². The van der Waals surface area contributed by atoms with E-state index in [2.05, 4.69) is 65.6 Å². The molecule has 5 aromatic rings. The summed E-state index contributed by atoms with van der Waals surface area (Å²) in [5.74, 6) is 0. The summed E-state index contributed by atoms with van der Waals surface area (Å²) >= 11 is 1.72. The maximum atomic E-state index is 4.42. The minimum atomic E-state index is 1.09. The third kappa shape index (κ3) is 1.54. The average molecular weight is 285 g/mol. The van der Waals surface area contributed by atoms with Crippen LogP contribution in [-0.2, 0) is 0 Å². The fourth-order valence-corrected chi connectivity index (χ4v) is 3.97. The van der Waals surface area contributed by atoms with Crippen LogP contribution >= 0.6 is 11.3 Å². The van der Waals surface area contributed by atoms with Crippen LogP contribution in [-0.4, -0.2) is 4.98 Å². The summed E-state index contributed by atoms with van der Waals surface area (Å²) in [7, 11) is 0. The van der Waals surface area contributed by atoms with Crippen LogP contribution in [0.3, 0.4) is 0 Å². The Kier molecular flexibility index (Phi) is 2.15. The van der Waals surface area contributed by atoms with E-state index >= 15 is 0 Å². The lowest BCUT2D eigenvalue weighted by Crippen LogP contribution is -1.80. The lowest BCUT2D eigenvalue weighted by atomic mass is 9.98. The van der Waals surface area contributed by atoms with Crippen molar-refractivity contribution in [3.05, 3.63) is 66.2 Å². The van der Waals surface area contributed by atoms with E-state index in [1.165, 1.54) is 37.0 Å². The summed E-state index contributed by atoms with van der Waals surface area (Å²) in [4.78, 5) is 4.42. The molecule has 0 bridgehead atoms. The van der Waals surface area contributed by atoms with Gasteiger partial charge in [-0.1, -0.05) is 42.5 Å². The van der Waals surface area contributed by atoms with E-state index in [1.54, 1.807) is 11.3 Å². The topological polar surface area (TPSA) is 12.9 Å². The van der Waals surface area contributed by atoms with Crippen molar-refractivity contribution in [3.63, 3.8) is 0 Å². The molecule has 1 nitrogen and oxygen atoms in total. The first-order valence-corrected chi connectivity index (χ1v) is 7.85. The van der Waals surface area contributed by atoms with Crippen molar-refractivity contribution in [1.29, 1.82) is 0 Å². The summed E-state index contributed by atoms with van der Waals surface area (Å²) in [6, 6.07) is 21.9. The smallest absolute Gasteiger partial charge is 0.0818 e. The molecule has 0 aliphatic carbocycles. The van der Waals surface area contributed by atoms with Crippen molar-refractivity contribution in [2.75, 3.05) is 0 Å². The molecule has 0 amide bonds. The third-order valence-electron chi connectivity index (χ3n) is 4.18. The maximum absolute atomic E-state index is 4.42. The predicted molar refractivity (Wildman–Crippen MR) is 92.1 cm³/mol. The molecule has 0 unspecified atom stereocenters. The molecule has 1 aromatic heterocycles. The van der Waals surface area contributed by atoms with E-state index in [-0.39, 0.29) is 0 Å². The quantitative estimate of drug-likeness (QED) is 0.260. The molecule has 0 radical (unpaired) electrons. The lowest BCUT2D eigenvalue weighted by Gasteiger charge is -2.07. The zero-order valence-electron chi connectivity index (χ0n) is 11.2. The molecule has 5 rings (SSSR count). The molecule has 0 saturated carbocycles. The van der Waals surface area contributed by atoms with Crippen LogP contribution in [0.1, 0.15) is 0 Å². The maximum Gasteiger partial charge on any atom is 0.0818 e. The van der Waals surface area contributed by atoms with E-state index in [0.717, 1.165) is 5.52 Å². The average Bonchev–Trinajstić information content (AvgIpc) is 3.01. The highest BCUT2D eigenvalue weighted by Crippen LogP contribution is 2.34. The summed E-state index contributed by atoms with van der Waals surface area (Å²) in [6.07, 6.45) is 0. The summed E-state index contributed by atoms with van der Waals surface area (Å²) < 4.78 is 1.28. The normalized spacial score (nSPS) is 11.8. The molecule has 98 valence electrons. The summed E-state index contributed by atoms with van der Waals surface area (Å²) in [5, 5.41) is 7.82. The molecule has 0 aliphatic rings. The largest absolute Gasteiger partial charge is 0.245 e. The number of nitrogens with zero attached hydrogens (tertiary/aromatic N) is 1. The summed E-state index contributed by atoms with van der Waals surface area (Å²) in [6.45, 7) is 0. The number of benzene rings is 4. The number of hydrogen-bond donors (Lipinski definition) is 0. The second-order valence-corrected chi connectivity index (χ2v) is 6.20. The molecule has 0 atom stereocenters. The van der Waals surface area contributed by atoms with Crippen molar-refractivity contribution >= 4 is 53.9 Å². The minimum absolute atomic E-state index is 1.09. The molecule has 0 aliphatic heterocycles. The van der Waals surface area contributed by atoms with Crippen molar-refractivity contribution < 1.29 is 0 Å². The monoisotopic (exact) mass is 285 g/mol. The Bertz CT molecular complexity index is 1140. The van der Waals surface area contributed by atoms with Crippen LogP contribution in [0.5, 0.6) is 0 Å². The molecule has 0 saturated heterocycles. The molecule has 1 heterocycles. The van der Waals surface area contributed by atoms with Gasteiger partial charge in [-0.25, -0.2) is 4.98 Å². The van der Waals surface area contributed by atoms with E-state index in [0.29, 0.717) is 0 Å². The van der Waals surface area contributed by atoms with Crippen molar-refractivity contribution in [3.8, 4) is 0 Å². The SMILES string of the molecule is c1ccc2cc3c(ccc4c3ccc3ncsc34)cc2c1. The number of hydrogen-bond acceptors (Lipinski definition) is 2. The van der Waals surface area contributed by atoms with Gasteiger partial charge in [0.1, 0.15) is 0 Å². The zero-order valence-corrected chi connectivity index (χ0v) is 12.0. The Hall–Kier alpha value is -2.45. The first kappa shape index (κ1) is 11.2. The van der Waals surface area contributed by atoms with Gasteiger partial charge in [-0.3, -0.25) is 0 Å². The Morgan fingerprint density at radius 2 is 1.48 bits per heavy atom. The number of aromatic nitrogens is 1. The van der Waals surface area contributed by atoms with Crippen LogP contribution in [0.2, 0.25) is 0 Å². The van der Waals surface area contributed by atoms with Gasteiger partial charge < -0.3 is 0 Å². The van der Waals surface area contributed by atoms with Gasteiger partial charge in [0.2, 0.25) is 0 Å². The van der Waals surface area contributed by atoms with Crippen LogP contribution < -0.4 is 0 Å². The third-order valence-corrected chi connectivity index (χ3v) is 5.05. The number of thiazole rings is 1. The summed E-state index contributed by atoms with van der Waals surface area (Å²) in [5.41, 5.74) is 3.02. The lowest BCUT2D eigenvalue weighted by molar-refractivity contribution is 1.51. The van der Waals surface area contributed by atoms with Crippen LogP contribution in [0.4, 0.5) is 0 Å². The van der Waals surface area contributed by atoms with Crippen LogP contribution in [0.25, 0.3) is 42.5 Å². The molecular formula is C19H11NS. The Balaban J connectivity index is 2.04. The van der Waals surface area contributed by atoms with Gasteiger partial charge in [-0.05, 0) is 45.1 Å². The van der Waals surface area contributed by atoms with Crippen molar-refractivity contribution in [2.24, 2.45) is 0 Å². The second kappa shape index (κ2) is 4.03. The van der Waals surface area contributed by atoms with E-state index in [4.69, 9.17) is 0 Å². The fourth-order valence-electron chi connectivity index (χ4n) is 3.15. The van der Waals surface area contributed by atoms with E-state index in [9.17, 15) is 0 Å². The van der Waals surface area contributed by atoms with Crippen LogP contribution in [0, 0.1) is 0 Å². The molecule has 0 spiro atoms. The van der Waals surface area contributed by atoms with E-state index < -0.39 is 0 Å². The fraction of sp³-hybridized carbons (Fsp3) is 0. The van der Waals surface area contributed by atoms with Gasteiger partial charge in [0.25, 0.3) is 0 Å². The van der Waals surface area contributed by atoms with Gasteiger partial charge in [0.15, 0.2) is 0 Å². The highest BCUT2D eigenvalue weighted by Gasteiger charge is 2.07. The van der Waals surface area contributed by atoms with Gasteiger partial charge in [0.05, 0.1) is 15.7 Å². The first-order chi connectivity index (χ1) is 10.4. The number of fused-ring (bicyclic) bond motifs is 6. The molecule has 0 fully saturated rings.